The molecule has 88 valence electrons. The van der Waals surface area contributed by atoms with Crippen LogP contribution in [-0.2, 0) is 6.54 Å². The van der Waals surface area contributed by atoms with Gasteiger partial charge in [0.2, 0.25) is 0 Å². The van der Waals surface area contributed by atoms with E-state index >= 15 is 0 Å². The third-order valence-electron chi connectivity index (χ3n) is 2.29. The molecule has 4 N–H and O–H groups in total. The fourth-order valence-corrected chi connectivity index (χ4v) is 1.85. The smallest absolute Gasteiger partial charge is 0.266 e. The highest BCUT2D eigenvalue weighted by atomic mass is 127. The molecular weight excluding hydrogens is 331 g/mol. The van der Waals surface area contributed by atoms with Crippen molar-refractivity contribution in [2.45, 2.75) is 6.54 Å². The van der Waals surface area contributed by atoms with Gasteiger partial charge in [0.15, 0.2) is 5.82 Å². The van der Waals surface area contributed by atoms with E-state index in [9.17, 15) is 4.79 Å². The summed E-state index contributed by atoms with van der Waals surface area (Å²) in [6.45, 7) is 0.433. The number of benzene rings is 1. The molecule has 0 saturated heterocycles. The molecule has 6 heteroatoms. The van der Waals surface area contributed by atoms with E-state index in [4.69, 9.17) is 5.73 Å². The molecule has 0 fully saturated rings. The van der Waals surface area contributed by atoms with Crippen LogP contribution >= 0.6 is 22.6 Å². The van der Waals surface area contributed by atoms with Gasteiger partial charge in [-0.1, -0.05) is 18.2 Å². The Bertz CT molecular complexity index is 582. The molecule has 2 aromatic rings. The van der Waals surface area contributed by atoms with E-state index in [0.717, 1.165) is 11.3 Å². The number of halogens is 1. The molecule has 0 aliphatic carbocycles. The van der Waals surface area contributed by atoms with Crippen molar-refractivity contribution in [1.82, 2.24) is 9.97 Å². The lowest BCUT2D eigenvalue weighted by atomic mass is 10.2. The lowest BCUT2D eigenvalue weighted by Crippen LogP contribution is -2.13. The summed E-state index contributed by atoms with van der Waals surface area (Å²) in [4.78, 5) is 18.0. The lowest BCUT2D eigenvalue weighted by molar-refractivity contribution is 1.06. The van der Waals surface area contributed by atoms with Crippen LogP contribution in [0, 0.1) is 3.57 Å². The van der Waals surface area contributed by atoms with Crippen LogP contribution in [0.2, 0.25) is 0 Å². The number of nitrogens with two attached hydrogens (primary N) is 1. The maximum Gasteiger partial charge on any atom is 0.266 e. The van der Waals surface area contributed by atoms with E-state index in [1.807, 2.05) is 46.9 Å². The van der Waals surface area contributed by atoms with Crippen LogP contribution in [-0.4, -0.2) is 9.97 Å². The molecule has 5 nitrogen and oxygen atoms in total. The topological polar surface area (TPSA) is 83.8 Å². The van der Waals surface area contributed by atoms with Gasteiger partial charge < -0.3 is 16.0 Å². The molecule has 0 aliphatic heterocycles. The number of hydrogen-bond acceptors (Lipinski definition) is 4. The van der Waals surface area contributed by atoms with E-state index < -0.39 is 0 Å². The van der Waals surface area contributed by atoms with Gasteiger partial charge in [-0.25, -0.2) is 4.98 Å². The van der Waals surface area contributed by atoms with Crippen LogP contribution in [0.5, 0.6) is 0 Å². The summed E-state index contributed by atoms with van der Waals surface area (Å²) in [6.07, 6.45) is 1.37. The third-order valence-corrected chi connectivity index (χ3v) is 3.29. The molecule has 0 aliphatic rings. The lowest BCUT2D eigenvalue weighted by Gasteiger charge is -2.10. The molecular formula is C11H11IN4O. The Morgan fingerprint density at radius 2 is 2.18 bits per heavy atom. The van der Waals surface area contributed by atoms with Crippen molar-refractivity contribution < 1.29 is 0 Å². The fraction of sp³-hybridized carbons (Fsp3) is 0.0909. The Balaban J connectivity index is 2.38. The van der Waals surface area contributed by atoms with Gasteiger partial charge in [-0.3, -0.25) is 4.79 Å². The Morgan fingerprint density at radius 3 is 2.94 bits per heavy atom. The molecule has 1 aromatic heterocycles. The summed E-state index contributed by atoms with van der Waals surface area (Å²) in [5.74, 6) is 0.537. The van der Waals surface area contributed by atoms with Crippen LogP contribution < -0.4 is 16.6 Å². The van der Waals surface area contributed by atoms with E-state index in [0.29, 0.717) is 15.9 Å². The summed E-state index contributed by atoms with van der Waals surface area (Å²) in [5.41, 5.74) is 7.33. The maximum atomic E-state index is 11.4. The van der Waals surface area contributed by atoms with Crippen molar-refractivity contribution in [1.29, 1.82) is 0 Å². The molecule has 0 saturated carbocycles. The number of rotatable bonds is 3. The first kappa shape index (κ1) is 12.1. The second-order valence-corrected chi connectivity index (χ2v) is 4.46. The van der Waals surface area contributed by atoms with Crippen molar-refractivity contribution in [3.63, 3.8) is 0 Å². The van der Waals surface area contributed by atoms with E-state index in [2.05, 4.69) is 15.3 Å². The molecule has 0 amide bonds. The Hall–Kier alpha value is -1.41. The first-order valence-corrected chi connectivity index (χ1v) is 6.08. The van der Waals surface area contributed by atoms with Gasteiger partial charge in [-0.05, 0) is 34.2 Å². The number of para-hydroxylation sites is 1. The Labute approximate surface area is 112 Å². The number of aromatic amines is 1. The highest BCUT2D eigenvalue weighted by Gasteiger charge is 2.07. The number of hydrogen-bond donors (Lipinski definition) is 3. The van der Waals surface area contributed by atoms with Crippen LogP contribution in [0.1, 0.15) is 5.56 Å². The second-order valence-electron chi connectivity index (χ2n) is 3.38. The fourth-order valence-electron chi connectivity index (χ4n) is 1.42. The molecule has 0 unspecified atom stereocenters. The summed E-state index contributed by atoms with van der Waals surface area (Å²) < 4.78 is 0.525. The summed E-state index contributed by atoms with van der Waals surface area (Å²) in [7, 11) is 0. The number of nitrogens with one attached hydrogen (secondary N) is 2. The van der Waals surface area contributed by atoms with E-state index in [-0.39, 0.29) is 5.56 Å². The van der Waals surface area contributed by atoms with Crippen LogP contribution in [0.15, 0.2) is 35.4 Å². The minimum atomic E-state index is -0.159. The quantitative estimate of drug-likeness (QED) is 0.740. The standard InChI is InChI=1S/C11H11IN4O/c12-9-10(14-6-15-11(9)17)16-8-4-2-1-3-7(8)5-13/h1-4,6H,5,13H2,(H2,14,15,16,17). The maximum absolute atomic E-state index is 11.4. The molecule has 0 bridgehead atoms. The van der Waals surface area contributed by atoms with Gasteiger partial charge in [0, 0.05) is 12.2 Å². The predicted octanol–water partition coefficient (Wildman–Crippen LogP) is 1.58. The van der Waals surface area contributed by atoms with Gasteiger partial charge in [0.1, 0.15) is 3.57 Å². The average Bonchev–Trinajstić information content (AvgIpc) is 2.35. The first-order valence-electron chi connectivity index (χ1n) is 5.00. The Morgan fingerprint density at radius 1 is 1.41 bits per heavy atom. The van der Waals surface area contributed by atoms with Gasteiger partial charge in [-0.15, -0.1) is 0 Å². The molecule has 0 spiro atoms. The summed E-state index contributed by atoms with van der Waals surface area (Å²) in [6, 6.07) is 7.66. The Kier molecular flexibility index (Phi) is 3.75. The minimum Gasteiger partial charge on any atom is -0.339 e. The second kappa shape index (κ2) is 5.28. The van der Waals surface area contributed by atoms with Crippen molar-refractivity contribution in [3.05, 3.63) is 50.1 Å². The van der Waals surface area contributed by atoms with E-state index in [1.165, 1.54) is 6.33 Å². The average molecular weight is 342 g/mol. The number of aromatic nitrogens is 2. The van der Waals surface area contributed by atoms with Gasteiger partial charge in [0.25, 0.3) is 5.56 Å². The normalized spacial score (nSPS) is 10.2. The van der Waals surface area contributed by atoms with Crippen molar-refractivity contribution in [2.24, 2.45) is 5.73 Å². The van der Waals surface area contributed by atoms with Crippen LogP contribution in [0.25, 0.3) is 0 Å². The molecule has 2 rings (SSSR count). The summed E-state index contributed by atoms with van der Waals surface area (Å²) >= 11 is 1.96. The molecule has 17 heavy (non-hydrogen) atoms. The van der Waals surface area contributed by atoms with Crippen molar-refractivity contribution >= 4 is 34.1 Å². The molecule has 0 atom stereocenters. The largest absolute Gasteiger partial charge is 0.339 e. The van der Waals surface area contributed by atoms with E-state index in [1.54, 1.807) is 0 Å². The first-order chi connectivity index (χ1) is 8.22. The highest BCUT2D eigenvalue weighted by Crippen LogP contribution is 2.20. The third kappa shape index (κ3) is 2.64. The van der Waals surface area contributed by atoms with Crippen LogP contribution in [0.4, 0.5) is 11.5 Å². The van der Waals surface area contributed by atoms with Crippen LogP contribution in [0.3, 0.4) is 0 Å². The minimum absolute atomic E-state index is 0.159. The van der Waals surface area contributed by atoms with Gasteiger partial charge in [-0.2, -0.15) is 0 Å². The van der Waals surface area contributed by atoms with Crippen molar-refractivity contribution in [2.75, 3.05) is 5.32 Å². The molecule has 0 radical (unpaired) electrons. The summed E-state index contributed by atoms with van der Waals surface area (Å²) in [5, 5.41) is 3.11. The van der Waals surface area contributed by atoms with Gasteiger partial charge in [0.05, 0.1) is 6.33 Å². The zero-order valence-corrected chi connectivity index (χ0v) is 11.1. The predicted molar refractivity (Wildman–Crippen MR) is 75.2 cm³/mol. The van der Waals surface area contributed by atoms with Crippen molar-refractivity contribution in [3.8, 4) is 0 Å². The number of anilines is 2. The monoisotopic (exact) mass is 342 g/mol. The highest BCUT2D eigenvalue weighted by molar-refractivity contribution is 14.1. The zero-order chi connectivity index (χ0) is 12.3. The number of H-pyrrole nitrogens is 1. The molecule has 1 heterocycles. The SMILES string of the molecule is NCc1ccccc1Nc1nc[nH]c(=O)c1I. The number of nitrogens with zero attached hydrogens (tertiary/aromatic N) is 1. The van der Waals surface area contributed by atoms with Gasteiger partial charge >= 0.3 is 0 Å². The zero-order valence-electron chi connectivity index (χ0n) is 8.90. The molecule has 1 aromatic carbocycles.